The molecule has 2 aromatic carbocycles. The van der Waals surface area contributed by atoms with Gasteiger partial charge in [0.1, 0.15) is 23.0 Å². The Hall–Kier alpha value is -3.67. The van der Waals surface area contributed by atoms with E-state index in [0.29, 0.717) is 18.1 Å². The fourth-order valence-electron chi connectivity index (χ4n) is 2.65. The van der Waals surface area contributed by atoms with Crippen molar-refractivity contribution in [3.05, 3.63) is 84.7 Å². The molecule has 0 spiro atoms. The second-order valence-electron chi connectivity index (χ2n) is 5.80. The summed E-state index contributed by atoms with van der Waals surface area (Å²) in [6.45, 7) is 0.582. The number of para-hydroxylation sites is 1. The van der Waals surface area contributed by atoms with Crippen LogP contribution in [0.25, 0.3) is 11.3 Å². The monoisotopic (exact) mass is 343 g/mol. The van der Waals surface area contributed by atoms with Gasteiger partial charge in [0, 0.05) is 11.8 Å². The molecular formula is C20H17N5O. The maximum Gasteiger partial charge on any atom is 0.132 e. The molecule has 0 saturated carbocycles. The van der Waals surface area contributed by atoms with E-state index in [0.717, 1.165) is 22.6 Å². The molecule has 2 heterocycles. The maximum atomic E-state index is 5.90. The van der Waals surface area contributed by atoms with Crippen LogP contribution >= 0.6 is 0 Å². The molecule has 4 aromatic rings. The Balaban J connectivity index is 1.51. The number of hydrogen-bond donors (Lipinski definition) is 1. The van der Waals surface area contributed by atoms with Crippen LogP contribution < -0.4 is 10.5 Å². The third-order valence-electron chi connectivity index (χ3n) is 3.88. The van der Waals surface area contributed by atoms with E-state index in [2.05, 4.69) is 15.3 Å². The topological polar surface area (TPSA) is 78.8 Å². The standard InChI is InChI=1S/C20H17N5O/c21-20-18(10-5-11-22-20)19-14-25(24-23-19)13-15-6-4-9-17(12-15)26-16-7-2-1-3-8-16/h1-12,14H,13H2,(H2,21,22). The molecule has 128 valence electrons. The van der Waals surface area contributed by atoms with Crippen molar-refractivity contribution in [3.63, 3.8) is 0 Å². The summed E-state index contributed by atoms with van der Waals surface area (Å²) in [5.74, 6) is 2.03. The summed E-state index contributed by atoms with van der Waals surface area (Å²) in [6, 6.07) is 21.3. The minimum atomic E-state index is 0.442. The number of anilines is 1. The zero-order valence-electron chi connectivity index (χ0n) is 14.0. The van der Waals surface area contributed by atoms with Crippen molar-refractivity contribution in [2.45, 2.75) is 6.54 Å². The van der Waals surface area contributed by atoms with Crippen LogP contribution in [0.4, 0.5) is 5.82 Å². The van der Waals surface area contributed by atoms with Gasteiger partial charge in [-0.2, -0.15) is 0 Å². The van der Waals surface area contributed by atoms with Crippen molar-refractivity contribution in [3.8, 4) is 22.8 Å². The van der Waals surface area contributed by atoms with Crippen LogP contribution in [0.15, 0.2) is 79.1 Å². The number of ether oxygens (including phenoxy) is 1. The van der Waals surface area contributed by atoms with Gasteiger partial charge in [-0.05, 0) is 42.0 Å². The quantitative estimate of drug-likeness (QED) is 0.597. The average molecular weight is 343 g/mol. The SMILES string of the molecule is Nc1ncccc1-c1cn(Cc2cccc(Oc3ccccc3)c2)nn1. The molecule has 0 radical (unpaired) electrons. The molecular weight excluding hydrogens is 326 g/mol. The van der Waals surface area contributed by atoms with E-state index in [-0.39, 0.29) is 0 Å². The Labute approximate surface area is 150 Å². The number of hydrogen-bond acceptors (Lipinski definition) is 5. The summed E-state index contributed by atoms with van der Waals surface area (Å²) in [5, 5.41) is 8.38. The highest BCUT2D eigenvalue weighted by Gasteiger charge is 2.08. The Morgan fingerprint density at radius 2 is 1.77 bits per heavy atom. The predicted molar refractivity (Wildman–Crippen MR) is 99.7 cm³/mol. The van der Waals surface area contributed by atoms with Gasteiger partial charge in [0.05, 0.1) is 12.7 Å². The molecule has 0 bridgehead atoms. The van der Waals surface area contributed by atoms with E-state index >= 15 is 0 Å². The molecule has 0 saturated heterocycles. The number of aromatic nitrogens is 4. The molecule has 4 rings (SSSR count). The first-order chi connectivity index (χ1) is 12.8. The highest BCUT2D eigenvalue weighted by molar-refractivity contribution is 5.69. The third kappa shape index (κ3) is 3.54. The van der Waals surface area contributed by atoms with E-state index in [4.69, 9.17) is 10.5 Å². The van der Waals surface area contributed by atoms with Gasteiger partial charge in [0.2, 0.25) is 0 Å². The largest absolute Gasteiger partial charge is 0.457 e. The molecule has 0 aliphatic carbocycles. The third-order valence-corrected chi connectivity index (χ3v) is 3.88. The highest BCUT2D eigenvalue weighted by Crippen LogP contribution is 2.23. The fraction of sp³-hybridized carbons (Fsp3) is 0.0500. The summed E-state index contributed by atoms with van der Waals surface area (Å²) in [5.41, 5.74) is 8.45. The molecule has 0 amide bonds. The molecule has 0 fully saturated rings. The van der Waals surface area contributed by atoms with E-state index < -0.39 is 0 Å². The summed E-state index contributed by atoms with van der Waals surface area (Å²) < 4.78 is 7.64. The summed E-state index contributed by atoms with van der Waals surface area (Å²) >= 11 is 0. The fourth-order valence-corrected chi connectivity index (χ4v) is 2.65. The van der Waals surface area contributed by atoms with Crippen LogP contribution in [0.3, 0.4) is 0 Å². The lowest BCUT2D eigenvalue weighted by atomic mass is 10.2. The van der Waals surface area contributed by atoms with Crippen molar-refractivity contribution in [1.29, 1.82) is 0 Å². The van der Waals surface area contributed by atoms with E-state index in [1.165, 1.54) is 0 Å². The molecule has 2 N–H and O–H groups in total. The van der Waals surface area contributed by atoms with E-state index in [9.17, 15) is 0 Å². The summed E-state index contributed by atoms with van der Waals surface area (Å²) in [7, 11) is 0. The van der Waals surface area contributed by atoms with Gasteiger partial charge >= 0.3 is 0 Å². The van der Waals surface area contributed by atoms with E-state index in [1.54, 1.807) is 10.9 Å². The molecule has 0 atom stereocenters. The molecule has 26 heavy (non-hydrogen) atoms. The van der Waals surface area contributed by atoms with Crippen LogP contribution in [0, 0.1) is 0 Å². The normalized spacial score (nSPS) is 10.6. The number of benzene rings is 2. The molecule has 0 unspecified atom stereocenters. The Bertz CT molecular complexity index is 1010. The second-order valence-corrected chi connectivity index (χ2v) is 5.80. The Morgan fingerprint density at radius 3 is 2.62 bits per heavy atom. The van der Waals surface area contributed by atoms with Gasteiger partial charge in [-0.1, -0.05) is 35.5 Å². The Kier molecular flexibility index (Phi) is 4.30. The first kappa shape index (κ1) is 15.8. The lowest BCUT2D eigenvalue weighted by Crippen LogP contribution is -2.00. The molecule has 2 aromatic heterocycles. The van der Waals surface area contributed by atoms with Crippen molar-refractivity contribution < 1.29 is 4.74 Å². The molecule has 6 nitrogen and oxygen atoms in total. The lowest BCUT2D eigenvalue weighted by molar-refractivity contribution is 0.481. The van der Waals surface area contributed by atoms with Gasteiger partial charge in [0.25, 0.3) is 0 Å². The maximum absolute atomic E-state index is 5.90. The van der Waals surface area contributed by atoms with Crippen molar-refractivity contribution in [1.82, 2.24) is 20.0 Å². The van der Waals surface area contributed by atoms with Gasteiger partial charge in [-0.15, -0.1) is 5.10 Å². The number of rotatable bonds is 5. The molecule has 0 aliphatic rings. The van der Waals surface area contributed by atoms with Crippen LogP contribution in [0.1, 0.15) is 5.56 Å². The number of nitrogens with two attached hydrogens (primary N) is 1. The average Bonchev–Trinajstić information content (AvgIpc) is 3.11. The smallest absolute Gasteiger partial charge is 0.132 e. The second kappa shape index (κ2) is 7.06. The van der Waals surface area contributed by atoms with Gasteiger partial charge in [-0.25, -0.2) is 9.67 Å². The number of pyridine rings is 1. The van der Waals surface area contributed by atoms with Crippen LogP contribution in [-0.2, 0) is 6.54 Å². The zero-order valence-corrected chi connectivity index (χ0v) is 14.0. The minimum absolute atomic E-state index is 0.442. The highest BCUT2D eigenvalue weighted by atomic mass is 16.5. The summed E-state index contributed by atoms with van der Waals surface area (Å²) in [6.07, 6.45) is 3.51. The van der Waals surface area contributed by atoms with Crippen LogP contribution in [0.2, 0.25) is 0 Å². The molecule has 6 heteroatoms. The lowest BCUT2D eigenvalue weighted by Gasteiger charge is -2.07. The number of nitrogen functional groups attached to an aromatic ring is 1. The van der Waals surface area contributed by atoms with Gasteiger partial charge in [0.15, 0.2) is 0 Å². The van der Waals surface area contributed by atoms with Gasteiger partial charge in [-0.3, -0.25) is 0 Å². The van der Waals surface area contributed by atoms with Crippen LogP contribution in [-0.4, -0.2) is 20.0 Å². The first-order valence-electron chi connectivity index (χ1n) is 8.21. The summed E-state index contributed by atoms with van der Waals surface area (Å²) in [4.78, 5) is 4.08. The molecule has 0 aliphatic heterocycles. The van der Waals surface area contributed by atoms with Crippen LogP contribution in [0.5, 0.6) is 11.5 Å². The first-order valence-corrected chi connectivity index (χ1v) is 8.21. The van der Waals surface area contributed by atoms with Crippen molar-refractivity contribution in [2.24, 2.45) is 0 Å². The van der Waals surface area contributed by atoms with Crippen molar-refractivity contribution in [2.75, 3.05) is 5.73 Å². The van der Waals surface area contributed by atoms with Gasteiger partial charge < -0.3 is 10.5 Å². The minimum Gasteiger partial charge on any atom is -0.457 e. The predicted octanol–water partition coefficient (Wildman–Crippen LogP) is 3.76. The zero-order chi connectivity index (χ0) is 17.8. The number of nitrogens with zero attached hydrogens (tertiary/aromatic N) is 4. The Morgan fingerprint density at radius 1 is 0.923 bits per heavy atom. The van der Waals surface area contributed by atoms with E-state index in [1.807, 2.05) is 72.9 Å². The van der Waals surface area contributed by atoms with Crippen molar-refractivity contribution >= 4 is 5.82 Å².